The summed E-state index contributed by atoms with van der Waals surface area (Å²) in [7, 11) is 0. The fourth-order valence-electron chi connectivity index (χ4n) is 2.39. The molecule has 3 rings (SSSR count). The molecule has 0 fully saturated rings. The van der Waals surface area contributed by atoms with Crippen molar-refractivity contribution >= 4 is 29.2 Å². The fraction of sp³-hybridized carbons (Fsp3) is 0.211. The maximum atomic E-state index is 12.2. The van der Waals surface area contributed by atoms with Crippen LogP contribution in [0.5, 0.6) is 11.5 Å². The number of nitrogens with one attached hydrogen (secondary N) is 2. The molecule has 0 aliphatic carbocycles. The summed E-state index contributed by atoms with van der Waals surface area (Å²) in [5.74, 6) is -0.287. The molecule has 2 N–H and O–H groups in total. The largest absolute Gasteiger partial charge is 0.454 e. The molecule has 1 aliphatic rings. The summed E-state index contributed by atoms with van der Waals surface area (Å²) in [6.45, 7) is 2.99. The van der Waals surface area contributed by atoms with Crippen molar-refractivity contribution in [2.24, 2.45) is 0 Å². The lowest BCUT2D eigenvalue weighted by Crippen LogP contribution is -2.30. The molecule has 27 heavy (non-hydrogen) atoms. The van der Waals surface area contributed by atoms with Crippen LogP contribution in [0.15, 0.2) is 42.5 Å². The Morgan fingerprint density at radius 1 is 0.963 bits per heavy atom. The summed E-state index contributed by atoms with van der Waals surface area (Å²) in [6.07, 6.45) is -1.00. The zero-order valence-corrected chi connectivity index (χ0v) is 14.8. The molecule has 0 saturated carbocycles. The van der Waals surface area contributed by atoms with Gasteiger partial charge in [0.2, 0.25) is 12.7 Å². The molecule has 0 aromatic heterocycles. The van der Waals surface area contributed by atoms with Crippen LogP contribution in [-0.2, 0) is 14.3 Å². The molecule has 8 nitrogen and oxygen atoms in total. The molecule has 1 aliphatic heterocycles. The van der Waals surface area contributed by atoms with Crippen molar-refractivity contribution in [3.8, 4) is 11.5 Å². The Morgan fingerprint density at radius 2 is 1.59 bits per heavy atom. The predicted octanol–water partition coefficient (Wildman–Crippen LogP) is 2.56. The average molecular weight is 370 g/mol. The highest BCUT2D eigenvalue weighted by atomic mass is 16.7. The lowest BCUT2D eigenvalue weighted by molar-refractivity contribution is -0.123. The van der Waals surface area contributed by atoms with E-state index in [9.17, 15) is 14.4 Å². The van der Waals surface area contributed by atoms with Gasteiger partial charge < -0.3 is 24.8 Å². The van der Waals surface area contributed by atoms with Crippen molar-refractivity contribution in [3.63, 3.8) is 0 Å². The maximum absolute atomic E-state index is 12.2. The predicted molar refractivity (Wildman–Crippen MR) is 96.8 cm³/mol. The average Bonchev–Trinajstić information content (AvgIpc) is 3.10. The van der Waals surface area contributed by atoms with E-state index in [4.69, 9.17) is 14.2 Å². The molecule has 2 aromatic carbocycles. The quantitative estimate of drug-likeness (QED) is 0.784. The molecule has 8 heteroatoms. The molecule has 1 heterocycles. The van der Waals surface area contributed by atoms with E-state index in [1.807, 2.05) is 0 Å². The first-order valence-corrected chi connectivity index (χ1v) is 8.21. The van der Waals surface area contributed by atoms with Crippen LogP contribution >= 0.6 is 0 Å². The number of ether oxygens (including phenoxy) is 3. The van der Waals surface area contributed by atoms with Gasteiger partial charge in [-0.15, -0.1) is 0 Å². The Hall–Kier alpha value is -3.55. The lowest BCUT2D eigenvalue weighted by Gasteiger charge is -2.14. The number of benzene rings is 2. The molecule has 0 radical (unpaired) electrons. The van der Waals surface area contributed by atoms with E-state index < -0.39 is 18.0 Å². The van der Waals surface area contributed by atoms with Crippen molar-refractivity contribution in [1.29, 1.82) is 0 Å². The van der Waals surface area contributed by atoms with E-state index >= 15 is 0 Å². The van der Waals surface area contributed by atoms with Gasteiger partial charge in [-0.3, -0.25) is 9.59 Å². The topological polar surface area (TPSA) is 103 Å². The standard InChI is InChI=1S/C19H18N2O6/c1-11(18(23)21-15-6-4-14(5-7-15)20-12(2)22)27-19(24)13-3-8-16-17(9-13)26-10-25-16/h3-9,11H,10H2,1-2H3,(H,20,22)(H,21,23)/t11-/m1/s1. The number of carbonyl (C=O) groups is 3. The Labute approximate surface area is 155 Å². The van der Waals surface area contributed by atoms with Crippen LogP contribution in [0.3, 0.4) is 0 Å². The maximum Gasteiger partial charge on any atom is 0.339 e. The number of carbonyl (C=O) groups excluding carboxylic acids is 3. The fourth-order valence-corrected chi connectivity index (χ4v) is 2.39. The Kier molecular flexibility index (Phi) is 5.25. The summed E-state index contributed by atoms with van der Waals surface area (Å²) in [6, 6.07) is 11.2. The van der Waals surface area contributed by atoms with Crippen LogP contribution in [-0.4, -0.2) is 30.7 Å². The molecular weight excluding hydrogens is 352 g/mol. The number of esters is 1. The molecule has 1 atom stereocenters. The second-order valence-electron chi connectivity index (χ2n) is 5.86. The van der Waals surface area contributed by atoms with Crippen LogP contribution in [0.4, 0.5) is 11.4 Å². The Morgan fingerprint density at radius 3 is 2.26 bits per heavy atom. The summed E-state index contributed by atoms with van der Waals surface area (Å²) < 4.78 is 15.6. The molecule has 2 aromatic rings. The molecular formula is C19H18N2O6. The first kappa shape index (κ1) is 18.2. The third kappa shape index (κ3) is 4.55. The van der Waals surface area contributed by atoms with Gasteiger partial charge in [0.25, 0.3) is 5.91 Å². The van der Waals surface area contributed by atoms with Gasteiger partial charge in [-0.05, 0) is 49.4 Å². The highest BCUT2D eigenvalue weighted by molar-refractivity contribution is 5.98. The Balaban J connectivity index is 1.57. The van der Waals surface area contributed by atoms with Crippen LogP contribution in [0, 0.1) is 0 Å². The minimum Gasteiger partial charge on any atom is -0.454 e. The summed E-state index contributed by atoms with van der Waals surface area (Å²) >= 11 is 0. The number of amides is 2. The van der Waals surface area contributed by atoms with Crippen molar-refractivity contribution in [2.75, 3.05) is 17.4 Å². The van der Waals surface area contributed by atoms with E-state index in [2.05, 4.69) is 10.6 Å². The van der Waals surface area contributed by atoms with Gasteiger partial charge in [0, 0.05) is 18.3 Å². The monoisotopic (exact) mass is 370 g/mol. The minimum absolute atomic E-state index is 0.105. The third-order valence-corrected chi connectivity index (χ3v) is 3.73. The van der Waals surface area contributed by atoms with Gasteiger partial charge in [-0.1, -0.05) is 0 Å². The van der Waals surface area contributed by atoms with E-state index in [0.717, 1.165) is 0 Å². The number of hydrogen-bond donors (Lipinski definition) is 2. The minimum atomic E-state index is -1.00. The summed E-state index contributed by atoms with van der Waals surface area (Å²) in [5, 5.41) is 5.28. The van der Waals surface area contributed by atoms with Crippen LogP contribution < -0.4 is 20.1 Å². The van der Waals surface area contributed by atoms with Gasteiger partial charge in [0.15, 0.2) is 17.6 Å². The number of fused-ring (bicyclic) bond motifs is 1. The molecule has 140 valence electrons. The highest BCUT2D eigenvalue weighted by Crippen LogP contribution is 2.32. The van der Waals surface area contributed by atoms with Gasteiger partial charge in [0.05, 0.1) is 5.56 Å². The van der Waals surface area contributed by atoms with Gasteiger partial charge in [0.1, 0.15) is 0 Å². The number of anilines is 2. The zero-order chi connectivity index (χ0) is 19.4. The second kappa shape index (κ2) is 7.77. The first-order chi connectivity index (χ1) is 12.9. The van der Waals surface area contributed by atoms with Crippen molar-refractivity contribution in [3.05, 3.63) is 48.0 Å². The summed E-state index contributed by atoms with van der Waals surface area (Å²) in [5.41, 5.74) is 1.39. The number of hydrogen-bond acceptors (Lipinski definition) is 6. The van der Waals surface area contributed by atoms with Gasteiger partial charge >= 0.3 is 5.97 Å². The van der Waals surface area contributed by atoms with E-state index in [1.165, 1.54) is 19.9 Å². The van der Waals surface area contributed by atoms with Gasteiger partial charge in [-0.25, -0.2) is 4.79 Å². The van der Waals surface area contributed by atoms with E-state index in [-0.39, 0.29) is 18.3 Å². The molecule has 0 unspecified atom stereocenters. The zero-order valence-electron chi connectivity index (χ0n) is 14.8. The van der Waals surface area contributed by atoms with Crippen molar-refractivity contribution < 1.29 is 28.6 Å². The van der Waals surface area contributed by atoms with Crippen molar-refractivity contribution in [2.45, 2.75) is 20.0 Å². The van der Waals surface area contributed by atoms with E-state index in [1.54, 1.807) is 36.4 Å². The summed E-state index contributed by atoms with van der Waals surface area (Å²) in [4.78, 5) is 35.4. The first-order valence-electron chi connectivity index (χ1n) is 8.21. The smallest absolute Gasteiger partial charge is 0.339 e. The van der Waals surface area contributed by atoms with Crippen LogP contribution in [0.1, 0.15) is 24.2 Å². The SMILES string of the molecule is CC(=O)Nc1ccc(NC(=O)[C@@H](C)OC(=O)c2ccc3c(c2)OCO3)cc1. The lowest BCUT2D eigenvalue weighted by atomic mass is 10.2. The highest BCUT2D eigenvalue weighted by Gasteiger charge is 2.21. The molecule has 0 spiro atoms. The van der Waals surface area contributed by atoms with E-state index in [0.29, 0.717) is 22.9 Å². The van der Waals surface area contributed by atoms with Crippen LogP contribution in [0.25, 0.3) is 0 Å². The molecule has 0 saturated heterocycles. The Bertz CT molecular complexity index is 878. The third-order valence-electron chi connectivity index (χ3n) is 3.73. The normalized spacial score (nSPS) is 12.8. The second-order valence-corrected chi connectivity index (χ2v) is 5.86. The van der Waals surface area contributed by atoms with Gasteiger partial charge in [-0.2, -0.15) is 0 Å². The van der Waals surface area contributed by atoms with Crippen LogP contribution in [0.2, 0.25) is 0 Å². The number of rotatable bonds is 5. The molecule has 2 amide bonds. The van der Waals surface area contributed by atoms with Crippen molar-refractivity contribution in [1.82, 2.24) is 0 Å². The molecule has 0 bridgehead atoms.